The van der Waals surface area contributed by atoms with Crippen molar-refractivity contribution in [3.05, 3.63) is 29.8 Å². The molecule has 0 heterocycles. The molecule has 0 aliphatic carbocycles. The molecule has 0 fully saturated rings. The molecule has 0 radical (unpaired) electrons. The fourth-order valence-corrected chi connectivity index (χ4v) is 1.34. The van der Waals surface area contributed by atoms with E-state index < -0.39 is 5.97 Å². The molecule has 1 amide bonds. The number of ether oxygens (including phenoxy) is 1. The Morgan fingerprint density at radius 1 is 1.35 bits per heavy atom. The molecule has 1 rings (SSSR count). The van der Waals surface area contributed by atoms with E-state index in [1.807, 2.05) is 12.1 Å². The number of anilines is 1. The van der Waals surface area contributed by atoms with E-state index in [0.29, 0.717) is 5.69 Å². The van der Waals surface area contributed by atoms with Gasteiger partial charge in [0.15, 0.2) is 0 Å². The van der Waals surface area contributed by atoms with Gasteiger partial charge in [0, 0.05) is 12.7 Å². The van der Waals surface area contributed by atoms with Gasteiger partial charge in [-0.2, -0.15) is 0 Å². The molecular weight excluding hydrogens is 220 g/mol. The second kappa shape index (κ2) is 5.89. The standard InChI is InChI=1S/C12H16N2O3/c1-14(8-12(16)17-2)11(15)7-9-5-3-4-6-10(9)13/h3-6H,7-8,13H2,1-2H3. The third kappa shape index (κ3) is 3.79. The summed E-state index contributed by atoms with van der Waals surface area (Å²) in [6.07, 6.45) is 0.181. The highest BCUT2D eigenvalue weighted by atomic mass is 16.5. The minimum absolute atomic E-state index is 0.0535. The van der Waals surface area contributed by atoms with Crippen LogP contribution in [0.15, 0.2) is 24.3 Å². The molecule has 2 N–H and O–H groups in total. The van der Waals surface area contributed by atoms with E-state index in [-0.39, 0.29) is 18.9 Å². The van der Waals surface area contributed by atoms with Crippen LogP contribution in [0.4, 0.5) is 5.69 Å². The lowest BCUT2D eigenvalue weighted by atomic mass is 10.1. The highest BCUT2D eigenvalue weighted by Crippen LogP contribution is 2.11. The van der Waals surface area contributed by atoms with Crippen molar-refractivity contribution in [3.8, 4) is 0 Å². The average Bonchev–Trinajstić information content (AvgIpc) is 2.31. The van der Waals surface area contributed by atoms with Crippen molar-refractivity contribution in [1.82, 2.24) is 4.90 Å². The molecule has 1 aromatic carbocycles. The second-order valence-electron chi connectivity index (χ2n) is 3.70. The van der Waals surface area contributed by atoms with Gasteiger partial charge in [-0.25, -0.2) is 0 Å². The SMILES string of the molecule is COC(=O)CN(C)C(=O)Cc1ccccc1N. The molecule has 17 heavy (non-hydrogen) atoms. The van der Waals surface area contributed by atoms with Gasteiger partial charge < -0.3 is 15.4 Å². The number of para-hydroxylation sites is 1. The van der Waals surface area contributed by atoms with Crippen LogP contribution < -0.4 is 5.73 Å². The van der Waals surface area contributed by atoms with Gasteiger partial charge in [0.25, 0.3) is 0 Å². The zero-order valence-corrected chi connectivity index (χ0v) is 9.97. The Hall–Kier alpha value is -2.04. The number of rotatable bonds is 4. The highest BCUT2D eigenvalue weighted by Gasteiger charge is 2.14. The van der Waals surface area contributed by atoms with Crippen LogP contribution in [0.25, 0.3) is 0 Å². The van der Waals surface area contributed by atoms with Crippen LogP contribution in [0.3, 0.4) is 0 Å². The lowest BCUT2D eigenvalue weighted by Crippen LogP contribution is -2.33. The maximum absolute atomic E-state index is 11.8. The van der Waals surface area contributed by atoms with E-state index in [1.54, 1.807) is 19.2 Å². The average molecular weight is 236 g/mol. The van der Waals surface area contributed by atoms with Crippen LogP contribution in [-0.2, 0) is 20.7 Å². The first-order valence-corrected chi connectivity index (χ1v) is 5.18. The number of hydrogen-bond acceptors (Lipinski definition) is 4. The molecule has 0 aromatic heterocycles. The number of nitrogen functional groups attached to an aromatic ring is 1. The summed E-state index contributed by atoms with van der Waals surface area (Å²) in [5.74, 6) is -0.616. The van der Waals surface area contributed by atoms with E-state index in [2.05, 4.69) is 4.74 Å². The Bertz CT molecular complexity index is 418. The zero-order chi connectivity index (χ0) is 12.8. The Kier molecular flexibility index (Phi) is 4.51. The van der Waals surface area contributed by atoms with Crippen molar-refractivity contribution < 1.29 is 14.3 Å². The van der Waals surface area contributed by atoms with Crippen LogP contribution in [0.2, 0.25) is 0 Å². The van der Waals surface area contributed by atoms with Crippen LogP contribution >= 0.6 is 0 Å². The first-order chi connectivity index (χ1) is 8.04. The predicted octanol–water partition coefficient (Wildman–Crippen LogP) is 0.443. The fourth-order valence-electron chi connectivity index (χ4n) is 1.34. The molecule has 0 saturated heterocycles. The third-order valence-corrected chi connectivity index (χ3v) is 2.42. The Morgan fingerprint density at radius 3 is 2.59 bits per heavy atom. The number of benzene rings is 1. The summed E-state index contributed by atoms with van der Waals surface area (Å²) in [6, 6.07) is 7.16. The maximum atomic E-state index is 11.8. The van der Waals surface area contributed by atoms with E-state index in [9.17, 15) is 9.59 Å². The number of esters is 1. The maximum Gasteiger partial charge on any atom is 0.325 e. The van der Waals surface area contributed by atoms with Gasteiger partial charge in [0.1, 0.15) is 6.54 Å². The predicted molar refractivity (Wildman–Crippen MR) is 64.2 cm³/mol. The molecule has 0 saturated carbocycles. The minimum atomic E-state index is -0.443. The number of methoxy groups -OCH3 is 1. The van der Waals surface area contributed by atoms with E-state index >= 15 is 0 Å². The summed E-state index contributed by atoms with van der Waals surface area (Å²) in [7, 11) is 2.84. The quantitative estimate of drug-likeness (QED) is 0.608. The van der Waals surface area contributed by atoms with Gasteiger partial charge in [-0.1, -0.05) is 18.2 Å². The number of likely N-dealkylation sites (N-methyl/N-ethyl adjacent to an activating group) is 1. The monoisotopic (exact) mass is 236 g/mol. The zero-order valence-electron chi connectivity index (χ0n) is 9.97. The lowest BCUT2D eigenvalue weighted by Gasteiger charge is -2.16. The van der Waals surface area contributed by atoms with Gasteiger partial charge in [-0.05, 0) is 11.6 Å². The van der Waals surface area contributed by atoms with Gasteiger partial charge >= 0.3 is 5.97 Å². The minimum Gasteiger partial charge on any atom is -0.468 e. The largest absolute Gasteiger partial charge is 0.468 e. The van der Waals surface area contributed by atoms with Crippen molar-refractivity contribution in [3.63, 3.8) is 0 Å². The third-order valence-electron chi connectivity index (χ3n) is 2.42. The van der Waals surface area contributed by atoms with E-state index in [0.717, 1.165) is 5.56 Å². The number of carbonyl (C=O) groups is 2. The summed E-state index contributed by atoms with van der Waals surface area (Å²) in [6.45, 7) is -0.0535. The molecule has 1 aromatic rings. The van der Waals surface area contributed by atoms with Crippen molar-refractivity contribution in [2.75, 3.05) is 26.4 Å². The lowest BCUT2D eigenvalue weighted by molar-refractivity contribution is -0.145. The second-order valence-corrected chi connectivity index (χ2v) is 3.70. The number of amides is 1. The molecule has 5 nitrogen and oxygen atoms in total. The number of hydrogen-bond donors (Lipinski definition) is 1. The summed E-state index contributed by atoms with van der Waals surface area (Å²) >= 11 is 0. The molecule has 0 bridgehead atoms. The van der Waals surface area contributed by atoms with Crippen molar-refractivity contribution in [1.29, 1.82) is 0 Å². The van der Waals surface area contributed by atoms with Crippen molar-refractivity contribution in [2.45, 2.75) is 6.42 Å². The Morgan fingerprint density at radius 2 is 2.00 bits per heavy atom. The van der Waals surface area contributed by atoms with Gasteiger partial charge in [-0.3, -0.25) is 9.59 Å². The number of nitrogens with zero attached hydrogens (tertiary/aromatic N) is 1. The Balaban J connectivity index is 2.60. The summed E-state index contributed by atoms with van der Waals surface area (Å²) in [5.41, 5.74) is 7.07. The number of nitrogens with two attached hydrogens (primary N) is 1. The van der Waals surface area contributed by atoms with Crippen molar-refractivity contribution >= 4 is 17.6 Å². The summed E-state index contributed by atoms with van der Waals surface area (Å²) in [5, 5.41) is 0. The van der Waals surface area contributed by atoms with Crippen molar-refractivity contribution in [2.24, 2.45) is 0 Å². The molecule has 0 aliphatic rings. The normalized spacial score (nSPS) is 9.76. The Labute approximate surface area is 100 Å². The van der Waals surface area contributed by atoms with Crippen LogP contribution in [0.1, 0.15) is 5.56 Å². The summed E-state index contributed by atoms with van der Waals surface area (Å²) < 4.78 is 4.49. The first-order valence-electron chi connectivity index (χ1n) is 5.18. The molecular formula is C12H16N2O3. The summed E-state index contributed by atoms with van der Waals surface area (Å²) in [4.78, 5) is 24.1. The fraction of sp³-hybridized carbons (Fsp3) is 0.333. The van der Waals surface area contributed by atoms with E-state index in [1.165, 1.54) is 12.0 Å². The van der Waals surface area contributed by atoms with E-state index in [4.69, 9.17) is 5.73 Å². The molecule has 92 valence electrons. The molecule has 0 spiro atoms. The number of carbonyl (C=O) groups excluding carboxylic acids is 2. The van der Waals surface area contributed by atoms with Gasteiger partial charge in [-0.15, -0.1) is 0 Å². The highest BCUT2D eigenvalue weighted by molar-refractivity contribution is 5.84. The smallest absolute Gasteiger partial charge is 0.325 e. The first kappa shape index (κ1) is 13.0. The van der Waals surface area contributed by atoms with Crippen LogP contribution in [0.5, 0.6) is 0 Å². The van der Waals surface area contributed by atoms with Gasteiger partial charge in [0.2, 0.25) is 5.91 Å². The molecule has 0 atom stereocenters. The molecule has 5 heteroatoms. The molecule has 0 aliphatic heterocycles. The molecule has 0 unspecified atom stereocenters. The van der Waals surface area contributed by atoms with Crippen LogP contribution in [-0.4, -0.2) is 37.5 Å². The topological polar surface area (TPSA) is 72.6 Å². The van der Waals surface area contributed by atoms with Gasteiger partial charge in [0.05, 0.1) is 13.5 Å². The van der Waals surface area contributed by atoms with Crippen LogP contribution in [0, 0.1) is 0 Å².